The van der Waals surface area contributed by atoms with Gasteiger partial charge in [0.1, 0.15) is 5.15 Å². The molecule has 2 N–H and O–H groups in total. The smallest absolute Gasteiger partial charge is 0.157 e. The molecule has 0 amide bonds. The van der Waals surface area contributed by atoms with Gasteiger partial charge < -0.3 is 10.6 Å². The van der Waals surface area contributed by atoms with E-state index >= 15 is 0 Å². The monoisotopic (exact) mass is 247 g/mol. The number of hydrogen-bond donors (Lipinski definition) is 1. The van der Waals surface area contributed by atoms with E-state index in [9.17, 15) is 0 Å². The first-order valence-corrected chi connectivity index (χ1v) is 5.84. The van der Waals surface area contributed by atoms with Crippen LogP contribution in [-0.4, -0.2) is 11.5 Å². The van der Waals surface area contributed by atoms with E-state index < -0.39 is 0 Å². The van der Waals surface area contributed by atoms with Crippen LogP contribution in [0.4, 0.5) is 17.2 Å². The maximum Gasteiger partial charge on any atom is 0.157 e. The van der Waals surface area contributed by atoms with Crippen LogP contribution in [0.2, 0.25) is 5.15 Å². The Balaban J connectivity index is 2.46. The number of aromatic nitrogens is 1. The lowest BCUT2D eigenvalue weighted by molar-refractivity contribution is 0.992. The number of rotatable bonds is 3. The van der Waals surface area contributed by atoms with Crippen molar-refractivity contribution >= 4 is 28.8 Å². The molecule has 4 heteroatoms. The van der Waals surface area contributed by atoms with Gasteiger partial charge in [-0.3, -0.25) is 0 Å². The fourth-order valence-electron chi connectivity index (χ4n) is 1.71. The van der Waals surface area contributed by atoms with Crippen LogP contribution in [0.3, 0.4) is 0 Å². The molecule has 0 aliphatic heterocycles. The number of nitrogens with zero attached hydrogens (tertiary/aromatic N) is 2. The average Bonchev–Trinajstić information content (AvgIpc) is 2.36. The number of halogens is 1. The predicted molar refractivity (Wildman–Crippen MR) is 72.8 cm³/mol. The zero-order valence-corrected chi connectivity index (χ0v) is 10.4. The van der Waals surface area contributed by atoms with E-state index in [1.54, 1.807) is 12.1 Å². The number of hydrogen-bond acceptors (Lipinski definition) is 3. The number of anilines is 3. The summed E-state index contributed by atoms with van der Waals surface area (Å²) in [6.07, 6.45) is 0. The number of nitrogens with two attached hydrogens (primary N) is 1. The van der Waals surface area contributed by atoms with Crippen molar-refractivity contribution in [3.63, 3.8) is 0 Å². The highest BCUT2D eigenvalue weighted by atomic mass is 35.5. The summed E-state index contributed by atoms with van der Waals surface area (Å²) in [6.45, 7) is 2.83. The Morgan fingerprint density at radius 2 is 1.88 bits per heavy atom. The lowest BCUT2D eigenvalue weighted by Crippen LogP contribution is -2.18. The van der Waals surface area contributed by atoms with Crippen molar-refractivity contribution in [2.24, 2.45) is 0 Å². The third-order valence-electron chi connectivity index (χ3n) is 2.51. The van der Waals surface area contributed by atoms with E-state index in [0.29, 0.717) is 16.7 Å². The van der Waals surface area contributed by atoms with Gasteiger partial charge in [0.05, 0.1) is 5.69 Å². The number of nitrogen functional groups attached to an aromatic ring is 1. The van der Waals surface area contributed by atoms with Gasteiger partial charge in [0.15, 0.2) is 5.82 Å². The molecular formula is C13H14ClN3. The first-order valence-electron chi connectivity index (χ1n) is 5.47. The minimum Gasteiger partial charge on any atom is -0.396 e. The molecule has 0 saturated heterocycles. The Bertz CT molecular complexity index is 499. The molecule has 0 radical (unpaired) electrons. The summed E-state index contributed by atoms with van der Waals surface area (Å²) in [6, 6.07) is 13.5. The highest BCUT2D eigenvalue weighted by molar-refractivity contribution is 6.29. The quantitative estimate of drug-likeness (QED) is 0.845. The van der Waals surface area contributed by atoms with E-state index in [2.05, 4.69) is 11.9 Å². The zero-order chi connectivity index (χ0) is 12.3. The lowest BCUT2D eigenvalue weighted by Gasteiger charge is -2.23. The Labute approximate surface area is 106 Å². The normalized spacial score (nSPS) is 10.2. The summed E-state index contributed by atoms with van der Waals surface area (Å²) in [5.74, 6) is 0.700. The van der Waals surface area contributed by atoms with Crippen LogP contribution >= 0.6 is 11.6 Å². The van der Waals surface area contributed by atoms with E-state index in [-0.39, 0.29) is 0 Å². The van der Waals surface area contributed by atoms with Crippen LogP contribution in [0.15, 0.2) is 42.5 Å². The third kappa shape index (κ3) is 2.50. The molecule has 0 fully saturated rings. The summed E-state index contributed by atoms with van der Waals surface area (Å²) in [4.78, 5) is 6.32. The highest BCUT2D eigenvalue weighted by Crippen LogP contribution is 2.29. The number of benzene rings is 1. The second-order valence-corrected chi connectivity index (χ2v) is 4.01. The molecule has 1 aromatic carbocycles. The molecular weight excluding hydrogens is 234 g/mol. The molecule has 2 aromatic rings. The van der Waals surface area contributed by atoms with Crippen LogP contribution in [0.1, 0.15) is 6.92 Å². The third-order valence-corrected chi connectivity index (χ3v) is 2.72. The summed E-state index contributed by atoms with van der Waals surface area (Å²) in [5, 5.41) is 0.448. The Morgan fingerprint density at radius 3 is 2.53 bits per heavy atom. The molecule has 0 unspecified atom stereocenters. The predicted octanol–water partition coefficient (Wildman–Crippen LogP) is 3.48. The second-order valence-electron chi connectivity index (χ2n) is 3.63. The van der Waals surface area contributed by atoms with Gasteiger partial charge >= 0.3 is 0 Å². The molecule has 3 nitrogen and oxygen atoms in total. The maximum atomic E-state index is 5.94. The van der Waals surface area contributed by atoms with Crippen molar-refractivity contribution in [1.29, 1.82) is 0 Å². The van der Waals surface area contributed by atoms with Crippen LogP contribution < -0.4 is 10.6 Å². The molecule has 0 saturated carbocycles. The molecule has 2 rings (SSSR count). The summed E-state index contributed by atoms with van der Waals surface area (Å²) >= 11 is 5.91. The van der Waals surface area contributed by atoms with Crippen LogP contribution in [0.5, 0.6) is 0 Å². The van der Waals surface area contributed by atoms with Crippen molar-refractivity contribution in [3.05, 3.63) is 47.6 Å². The first-order chi connectivity index (χ1) is 8.22. The Kier molecular flexibility index (Phi) is 3.49. The Hall–Kier alpha value is -1.74. The molecule has 0 spiro atoms. The number of para-hydroxylation sites is 1. The van der Waals surface area contributed by atoms with E-state index in [1.165, 1.54) is 0 Å². The molecule has 1 aromatic heterocycles. The molecule has 0 atom stereocenters. The average molecular weight is 248 g/mol. The second kappa shape index (κ2) is 5.06. The summed E-state index contributed by atoms with van der Waals surface area (Å²) in [5.41, 5.74) is 7.62. The van der Waals surface area contributed by atoms with Gasteiger partial charge in [-0.1, -0.05) is 29.8 Å². The molecule has 0 bridgehead atoms. The first kappa shape index (κ1) is 11.7. The van der Waals surface area contributed by atoms with Crippen molar-refractivity contribution < 1.29 is 0 Å². The fourth-order valence-corrected chi connectivity index (χ4v) is 1.86. The van der Waals surface area contributed by atoms with Crippen molar-refractivity contribution in [2.75, 3.05) is 17.2 Å². The van der Waals surface area contributed by atoms with Gasteiger partial charge in [-0.25, -0.2) is 4.98 Å². The van der Waals surface area contributed by atoms with E-state index in [0.717, 1.165) is 12.2 Å². The van der Waals surface area contributed by atoms with Crippen LogP contribution in [-0.2, 0) is 0 Å². The largest absolute Gasteiger partial charge is 0.396 e. The SMILES string of the molecule is CCN(c1ccccc1)c1nc(Cl)ccc1N. The van der Waals surface area contributed by atoms with Crippen molar-refractivity contribution in [2.45, 2.75) is 6.92 Å². The summed E-state index contributed by atoms with van der Waals surface area (Å²) in [7, 11) is 0. The van der Waals surface area contributed by atoms with Gasteiger partial charge in [-0.15, -0.1) is 0 Å². The standard InChI is InChI=1S/C13H14ClN3/c1-2-17(10-6-4-3-5-7-10)13-11(15)8-9-12(14)16-13/h3-9H,2,15H2,1H3. The molecule has 1 heterocycles. The topological polar surface area (TPSA) is 42.2 Å². The van der Waals surface area contributed by atoms with Crippen molar-refractivity contribution in [1.82, 2.24) is 4.98 Å². The van der Waals surface area contributed by atoms with E-state index in [4.69, 9.17) is 17.3 Å². The molecule has 88 valence electrons. The van der Waals surface area contributed by atoms with Gasteiger partial charge in [0.2, 0.25) is 0 Å². The fraction of sp³-hybridized carbons (Fsp3) is 0.154. The van der Waals surface area contributed by atoms with Crippen LogP contribution in [0, 0.1) is 0 Å². The van der Waals surface area contributed by atoms with Gasteiger partial charge in [-0.2, -0.15) is 0 Å². The zero-order valence-electron chi connectivity index (χ0n) is 9.60. The van der Waals surface area contributed by atoms with E-state index in [1.807, 2.05) is 35.2 Å². The Morgan fingerprint density at radius 1 is 1.18 bits per heavy atom. The minimum atomic E-state index is 0.448. The highest BCUT2D eigenvalue weighted by Gasteiger charge is 2.12. The van der Waals surface area contributed by atoms with Gasteiger partial charge in [-0.05, 0) is 31.2 Å². The summed E-state index contributed by atoms with van der Waals surface area (Å²) < 4.78 is 0. The minimum absolute atomic E-state index is 0.448. The molecule has 17 heavy (non-hydrogen) atoms. The molecule has 0 aliphatic rings. The van der Waals surface area contributed by atoms with Crippen molar-refractivity contribution in [3.8, 4) is 0 Å². The van der Waals surface area contributed by atoms with Crippen LogP contribution in [0.25, 0.3) is 0 Å². The maximum absolute atomic E-state index is 5.94. The number of pyridine rings is 1. The van der Waals surface area contributed by atoms with Gasteiger partial charge in [0, 0.05) is 12.2 Å². The van der Waals surface area contributed by atoms with Gasteiger partial charge in [0.25, 0.3) is 0 Å². The molecule has 0 aliphatic carbocycles. The lowest BCUT2D eigenvalue weighted by atomic mass is 10.2.